The van der Waals surface area contributed by atoms with E-state index in [0.29, 0.717) is 0 Å². The number of ether oxygens (including phenoxy) is 1. The number of halogens is 1. The number of rotatable bonds is 5. The van der Waals surface area contributed by atoms with Crippen molar-refractivity contribution in [3.8, 4) is 5.75 Å². The molecule has 3 heteroatoms. The highest BCUT2D eigenvalue weighted by Crippen LogP contribution is 2.40. The van der Waals surface area contributed by atoms with Crippen LogP contribution in [0.2, 0.25) is 12.1 Å². The highest BCUT2D eigenvalue weighted by atomic mass is 79.9. The molecule has 1 rings (SSSR count). The van der Waals surface area contributed by atoms with E-state index in [1.807, 2.05) is 0 Å². The van der Waals surface area contributed by atoms with Crippen LogP contribution in [-0.2, 0) is 10.8 Å². The lowest BCUT2D eigenvalue weighted by atomic mass is 9.80. The first kappa shape index (κ1) is 19.8. The molecule has 1 radical (unpaired) electrons. The summed E-state index contributed by atoms with van der Waals surface area (Å²) in [5, 5.41) is 0. The van der Waals surface area contributed by atoms with Gasteiger partial charge in [-0.05, 0) is 38.4 Å². The third-order valence-corrected chi connectivity index (χ3v) is 7.28. The molecule has 0 bridgehead atoms. The van der Waals surface area contributed by atoms with Crippen LogP contribution in [0.4, 0.5) is 0 Å². The Morgan fingerprint density at radius 2 is 1.50 bits per heavy atom. The molecule has 0 saturated carbocycles. The van der Waals surface area contributed by atoms with Gasteiger partial charge in [-0.15, -0.1) is 0 Å². The van der Waals surface area contributed by atoms with Crippen LogP contribution < -0.4 is 4.74 Å². The van der Waals surface area contributed by atoms with E-state index in [-0.39, 0.29) is 19.6 Å². The van der Waals surface area contributed by atoms with E-state index in [4.69, 9.17) is 4.74 Å². The van der Waals surface area contributed by atoms with Crippen molar-refractivity contribution in [1.29, 1.82) is 0 Å². The summed E-state index contributed by atoms with van der Waals surface area (Å²) in [5.41, 5.74) is 2.88. The second kappa shape index (κ2) is 7.52. The Morgan fingerprint density at radius 3 is 1.91 bits per heavy atom. The van der Waals surface area contributed by atoms with E-state index in [0.717, 1.165) is 16.5 Å². The van der Waals surface area contributed by atoms with Crippen molar-refractivity contribution in [2.75, 3.05) is 6.23 Å². The third-order valence-electron chi connectivity index (χ3n) is 4.14. The molecule has 0 fully saturated rings. The van der Waals surface area contributed by atoms with Crippen LogP contribution in [0.1, 0.15) is 66.5 Å². The first-order chi connectivity index (χ1) is 10.0. The van der Waals surface area contributed by atoms with E-state index in [2.05, 4.69) is 83.5 Å². The maximum atomic E-state index is 6.30. The molecule has 0 spiro atoms. The lowest BCUT2D eigenvalue weighted by molar-refractivity contribution is 0.363. The molecule has 0 N–H and O–H groups in total. The average molecular weight is 384 g/mol. The first-order valence-corrected chi connectivity index (χ1v) is 11.2. The van der Waals surface area contributed by atoms with Crippen LogP contribution in [0.15, 0.2) is 16.6 Å². The summed E-state index contributed by atoms with van der Waals surface area (Å²) >= 11 is 3.76. The zero-order chi connectivity index (χ0) is 17.1. The lowest BCUT2D eigenvalue weighted by Crippen LogP contribution is -2.23. The van der Waals surface area contributed by atoms with Gasteiger partial charge in [-0.2, -0.15) is 0 Å². The van der Waals surface area contributed by atoms with Crippen LogP contribution in [0.5, 0.6) is 5.75 Å². The van der Waals surface area contributed by atoms with Crippen LogP contribution in [0.3, 0.4) is 0 Å². The van der Waals surface area contributed by atoms with Crippen molar-refractivity contribution < 1.29 is 4.74 Å². The summed E-state index contributed by atoms with van der Waals surface area (Å²) in [6.07, 6.45) is 0.897. The van der Waals surface area contributed by atoms with Gasteiger partial charge in [0.1, 0.15) is 5.75 Å². The van der Waals surface area contributed by atoms with Crippen LogP contribution in [-0.4, -0.2) is 15.0 Å². The normalized spacial score (nSPS) is 12.8. The Balaban J connectivity index is 3.26. The molecule has 0 aliphatic carbocycles. The molecule has 0 amide bonds. The predicted molar refractivity (Wildman–Crippen MR) is 104 cm³/mol. The summed E-state index contributed by atoms with van der Waals surface area (Å²) in [6.45, 7) is 18.1. The standard InChI is InChI=1S/C19H32BrOSi/c1-9-22(10-2)13-21-17-15(19(6,7)8)11-14(12-16(17)20)18(3,4)5/h11-12H,9-10,13H2,1-8H3. The van der Waals surface area contributed by atoms with Gasteiger partial charge in [0.25, 0.3) is 0 Å². The fourth-order valence-electron chi connectivity index (χ4n) is 2.36. The highest BCUT2D eigenvalue weighted by Gasteiger charge is 2.25. The maximum absolute atomic E-state index is 6.30. The molecule has 0 heterocycles. The molecule has 0 atom stereocenters. The van der Waals surface area contributed by atoms with Crippen molar-refractivity contribution >= 4 is 24.7 Å². The molecular formula is C19H32BrOSi. The zero-order valence-corrected chi connectivity index (χ0v) is 18.1. The van der Waals surface area contributed by atoms with Gasteiger partial charge in [0.15, 0.2) is 0 Å². The maximum Gasteiger partial charge on any atom is 0.136 e. The van der Waals surface area contributed by atoms with E-state index in [9.17, 15) is 0 Å². The quantitative estimate of drug-likeness (QED) is 0.527. The fraction of sp³-hybridized carbons (Fsp3) is 0.684. The Kier molecular flexibility index (Phi) is 6.76. The molecule has 0 saturated heterocycles. The summed E-state index contributed by atoms with van der Waals surface area (Å²) in [7, 11) is -0.380. The number of benzene rings is 1. The lowest BCUT2D eigenvalue weighted by Gasteiger charge is -2.29. The average Bonchev–Trinajstić information content (AvgIpc) is 2.38. The Hall–Kier alpha value is -0.283. The van der Waals surface area contributed by atoms with Crippen molar-refractivity contribution in [2.24, 2.45) is 0 Å². The molecule has 1 aromatic carbocycles. The molecule has 0 aromatic heterocycles. The van der Waals surface area contributed by atoms with Gasteiger partial charge in [-0.3, -0.25) is 0 Å². The summed E-state index contributed by atoms with van der Waals surface area (Å²) < 4.78 is 7.40. The van der Waals surface area contributed by atoms with Gasteiger partial charge in [0, 0.05) is 5.56 Å². The van der Waals surface area contributed by atoms with Gasteiger partial charge in [0.05, 0.1) is 19.5 Å². The van der Waals surface area contributed by atoms with Crippen LogP contribution in [0, 0.1) is 0 Å². The van der Waals surface area contributed by atoms with Crippen molar-refractivity contribution in [3.63, 3.8) is 0 Å². The van der Waals surface area contributed by atoms with Crippen LogP contribution in [0.25, 0.3) is 0 Å². The van der Waals surface area contributed by atoms with Gasteiger partial charge in [-0.25, -0.2) is 0 Å². The largest absolute Gasteiger partial charge is 0.496 e. The molecule has 0 aliphatic rings. The molecule has 1 nitrogen and oxygen atoms in total. The predicted octanol–water partition coefficient (Wildman–Crippen LogP) is 6.50. The number of hydrogen-bond donors (Lipinski definition) is 0. The van der Waals surface area contributed by atoms with Gasteiger partial charge in [0.2, 0.25) is 0 Å². The summed E-state index contributed by atoms with van der Waals surface area (Å²) in [5.74, 6) is 1.05. The Bertz CT molecular complexity index is 493. The topological polar surface area (TPSA) is 9.23 Å². The summed E-state index contributed by atoms with van der Waals surface area (Å²) in [6, 6.07) is 7.10. The Morgan fingerprint density at radius 1 is 0.955 bits per heavy atom. The molecular weight excluding hydrogens is 352 g/mol. The minimum absolute atomic E-state index is 0.0739. The van der Waals surface area contributed by atoms with Gasteiger partial charge < -0.3 is 4.74 Å². The zero-order valence-electron chi connectivity index (χ0n) is 15.6. The third kappa shape index (κ3) is 5.12. The fourth-order valence-corrected chi connectivity index (χ4v) is 4.19. The van der Waals surface area contributed by atoms with E-state index in [1.165, 1.54) is 23.2 Å². The summed E-state index contributed by atoms with van der Waals surface area (Å²) in [4.78, 5) is 0. The van der Waals surface area contributed by atoms with Crippen molar-refractivity contribution in [3.05, 3.63) is 27.7 Å². The Labute approximate surface area is 147 Å². The van der Waals surface area contributed by atoms with Crippen molar-refractivity contribution in [1.82, 2.24) is 0 Å². The molecule has 0 aliphatic heterocycles. The first-order valence-electron chi connectivity index (χ1n) is 8.31. The molecule has 125 valence electrons. The second-order valence-corrected chi connectivity index (χ2v) is 12.1. The molecule has 22 heavy (non-hydrogen) atoms. The molecule has 1 aromatic rings. The van der Waals surface area contributed by atoms with E-state index >= 15 is 0 Å². The molecule has 0 unspecified atom stereocenters. The van der Waals surface area contributed by atoms with Crippen molar-refractivity contribution in [2.45, 2.75) is 78.3 Å². The van der Waals surface area contributed by atoms with Gasteiger partial charge in [-0.1, -0.05) is 73.5 Å². The minimum atomic E-state index is -0.380. The second-order valence-electron chi connectivity index (χ2n) is 8.08. The SMILES string of the molecule is CC[Si](CC)COc1c(Br)cc(C(C)(C)C)cc1C(C)(C)C. The van der Waals surface area contributed by atoms with Gasteiger partial charge >= 0.3 is 0 Å². The van der Waals surface area contributed by atoms with E-state index in [1.54, 1.807) is 0 Å². The van der Waals surface area contributed by atoms with E-state index < -0.39 is 0 Å². The van der Waals surface area contributed by atoms with Crippen LogP contribution >= 0.6 is 15.9 Å². The smallest absolute Gasteiger partial charge is 0.136 e. The monoisotopic (exact) mass is 383 g/mol. The number of hydrogen-bond acceptors (Lipinski definition) is 1. The highest BCUT2D eigenvalue weighted by molar-refractivity contribution is 9.10. The minimum Gasteiger partial charge on any atom is -0.496 e.